The van der Waals surface area contributed by atoms with E-state index in [9.17, 15) is 9.18 Å². The Morgan fingerprint density at radius 1 is 1.17 bits per heavy atom. The molecule has 0 atom stereocenters. The molecular weight excluding hydrogens is 311 g/mol. The van der Waals surface area contributed by atoms with E-state index in [1.165, 1.54) is 12.1 Å². The van der Waals surface area contributed by atoms with Gasteiger partial charge >= 0.3 is 0 Å². The number of halogens is 1. The van der Waals surface area contributed by atoms with Crippen LogP contribution in [0, 0.1) is 5.82 Å². The summed E-state index contributed by atoms with van der Waals surface area (Å²) in [4.78, 5) is 16.6. The quantitative estimate of drug-likeness (QED) is 0.683. The number of carbonyl (C=O) groups excluding carboxylic acids is 1. The Labute approximate surface area is 136 Å². The van der Waals surface area contributed by atoms with Crippen LogP contribution in [0.15, 0.2) is 24.3 Å². The molecule has 4 rings (SSSR count). The third-order valence-electron chi connectivity index (χ3n) is 4.06. The maximum Gasteiger partial charge on any atom is 0.278 e. The van der Waals surface area contributed by atoms with E-state index in [1.807, 2.05) is 0 Å². The van der Waals surface area contributed by atoms with Crippen LogP contribution >= 0.6 is 0 Å². The minimum Gasteiger partial charge on any atom is -0.288 e. The summed E-state index contributed by atoms with van der Waals surface area (Å²) in [5.41, 5.74) is 3.32. The first-order valence-corrected chi connectivity index (χ1v) is 7.72. The zero-order chi connectivity index (χ0) is 16.5. The van der Waals surface area contributed by atoms with Gasteiger partial charge in [0.05, 0.1) is 0 Å². The van der Waals surface area contributed by atoms with Crippen molar-refractivity contribution in [1.82, 2.24) is 25.4 Å². The lowest BCUT2D eigenvalue weighted by Gasteiger charge is -1.99. The van der Waals surface area contributed by atoms with Gasteiger partial charge in [-0.05, 0) is 37.0 Å². The Morgan fingerprint density at radius 2 is 2.00 bits per heavy atom. The van der Waals surface area contributed by atoms with Crippen LogP contribution in [0.2, 0.25) is 0 Å². The van der Waals surface area contributed by atoms with E-state index in [4.69, 9.17) is 0 Å². The van der Waals surface area contributed by atoms with Crippen molar-refractivity contribution in [1.29, 1.82) is 0 Å². The third-order valence-corrected chi connectivity index (χ3v) is 4.06. The molecule has 24 heavy (non-hydrogen) atoms. The minimum absolute atomic E-state index is 0.201. The lowest BCUT2D eigenvalue weighted by Crippen LogP contribution is -2.15. The molecule has 0 saturated carbocycles. The van der Waals surface area contributed by atoms with Crippen LogP contribution in [0.1, 0.15) is 39.6 Å². The van der Waals surface area contributed by atoms with Crippen molar-refractivity contribution >= 4 is 11.9 Å². The van der Waals surface area contributed by atoms with E-state index in [0.29, 0.717) is 17.9 Å². The highest BCUT2D eigenvalue weighted by Gasteiger charge is 2.23. The summed E-state index contributed by atoms with van der Waals surface area (Å²) in [6.45, 7) is 0. The van der Waals surface area contributed by atoms with Crippen LogP contribution in [0.25, 0.3) is 0 Å². The molecule has 0 spiro atoms. The highest BCUT2D eigenvalue weighted by Crippen LogP contribution is 2.23. The number of aryl methyl sites for hydroxylation is 1. The van der Waals surface area contributed by atoms with Crippen molar-refractivity contribution in [3.8, 4) is 0 Å². The molecule has 8 heteroatoms. The maximum atomic E-state index is 12.9. The fraction of sp³-hybridized carbons (Fsp3) is 0.250. The molecule has 1 amide bonds. The molecule has 1 aliphatic carbocycles. The molecule has 2 heterocycles. The van der Waals surface area contributed by atoms with Gasteiger partial charge in [-0.2, -0.15) is 10.1 Å². The molecule has 0 aliphatic heterocycles. The molecule has 7 nitrogen and oxygen atoms in total. The Morgan fingerprint density at radius 3 is 2.83 bits per heavy atom. The number of benzene rings is 1. The van der Waals surface area contributed by atoms with Gasteiger partial charge in [0.25, 0.3) is 5.91 Å². The SMILES string of the molecule is O=C(Nc1n[nH]c(Cc2ccc(F)cc2)n1)c1n[nH]c2c1CCC2. The van der Waals surface area contributed by atoms with E-state index in [-0.39, 0.29) is 17.7 Å². The Hall–Kier alpha value is -3.03. The lowest BCUT2D eigenvalue weighted by molar-refractivity contribution is 0.102. The first-order chi connectivity index (χ1) is 11.7. The van der Waals surface area contributed by atoms with Crippen molar-refractivity contribution in [3.05, 3.63) is 58.4 Å². The topological polar surface area (TPSA) is 99.3 Å². The summed E-state index contributed by atoms with van der Waals surface area (Å²) in [5, 5.41) is 16.4. The number of aromatic nitrogens is 5. The van der Waals surface area contributed by atoms with Crippen molar-refractivity contribution in [2.24, 2.45) is 0 Å². The second-order valence-corrected chi connectivity index (χ2v) is 5.75. The number of nitrogens with zero attached hydrogens (tertiary/aromatic N) is 3. The maximum absolute atomic E-state index is 12.9. The minimum atomic E-state index is -0.318. The molecule has 3 N–H and O–H groups in total. The third kappa shape index (κ3) is 2.78. The standard InChI is InChI=1S/C16H15FN6O/c17-10-6-4-9(5-7-10)8-13-18-16(23-21-13)19-15(24)14-11-2-1-3-12(11)20-22-14/h4-7H,1-3,8H2,(H,20,22)(H2,18,19,21,23,24). The first kappa shape index (κ1) is 14.6. The van der Waals surface area contributed by atoms with Gasteiger partial charge in [0.2, 0.25) is 5.95 Å². The Balaban J connectivity index is 1.45. The van der Waals surface area contributed by atoms with E-state index in [1.54, 1.807) is 12.1 Å². The summed E-state index contributed by atoms with van der Waals surface area (Å²) in [6.07, 6.45) is 3.30. The van der Waals surface area contributed by atoms with Crippen LogP contribution in [0.4, 0.5) is 10.3 Å². The number of anilines is 1. The van der Waals surface area contributed by atoms with Crippen LogP contribution in [-0.4, -0.2) is 31.3 Å². The van der Waals surface area contributed by atoms with Crippen LogP contribution < -0.4 is 5.32 Å². The summed E-state index contributed by atoms with van der Waals surface area (Å²) in [6, 6.07) is 6.16. The molecule has 1 aliphatic rings. The van der Waals surface area contributed by atoms with Gasteiger partial charge in [0.15, 0.2) is 5.69 Å². The highest BCUT2D eigenvalue weighted by molar-refractivity contribution is 6.03. The number of hydrogen-bond donors (Lipinski definition) is 3. The smallest absolute Gasteiger partial charge is 0.278 e. The molecule has 0 unspecified atom stereocenters. The Bertz CT molecular complexity index is 882. The number of aromatic amines is 2. The normalized spacial score (nSPS) is 13.0. The van der Waals surface area contributed by atoms with Crippen LogP contribution in [0.3, 0.4) is 0 Å². The first-order valence-electron chi connectivity index (χ1n) is 7.72. The molecular formula is C16H15FN6O. The molecule has 0 bridgehead atoms. The number of carbonyl (C=O) groups is 1. The largest absolute Gasteiger partial charge is 0.288 e. The van der Waals surface area contributed by atoms with Gasteiger partial charge in [-0.15, -0.1) is 5.10 Å². The van der Waals surface area contributed by atoms with E-state index in [2.05, 4.69) is 30.7 Å². The number of H-pyrrole nitrogens is 2. The van der Waals surface area contributed by atoms with Crippen LogP contribution in [0.5, 0.6) is 0 Å². The molecule has 0 saturated heterocycles. The van der Waals surface area contributed by atoms with E-state index < -0.39 is 0 Å². The highest BCUT2D eigenvalue weighted by atomic mass is 19.1. The average molecular weight is 326 g/mol. The van der Waals surface area contributed by atoms with Crippen molar-refractivity contribution in [3.63, 3.8) is 0 Å². The second-order valence-electron chi connectivity index (χ2n) is 5.75. The lowest BCUT2D eigenvalue weighted by atomic mass is 10.1. The number of hydrogen-bond acceptors (Lipinski definition) is 4. The average Bonchev–Trinajstić information content (AvgIpc) is 3.26. The number of fused-ring (bicyclic) bond motifs is 1. The van der Waals surface area contributed by atoms with Gasteiger partial charge in [0, 0.05) is 17.7 Å². The molecule has 1 aromatic carbocycles. The predicted molar refractivity (Wildman–Crippen MR) is 84.2 cm³/mol. The van der Waals surface area contributed by atoms with Crippen molar-refractivity contribution < 1.29 is 9.18 Å². The van der Waals surface area contributed by atoms with Gasteiger partial charge in [-0.25, -0.2) is 4.39 Å². The van der Waals surface area contributed by atoms with Gasteiger partial charge < -0.3 is 0 Å². The van der Waals surface area contributed by atoms with Gasteiger partial charge in [-0.3, -0.25) is 20.3 Å². The van der Waals surface area contributed by atoms with Gasteiger partial charge in [-0.1, -0.05) is 12.1 Å². The van der Waals surface area contributed by atoms with Crippen LogP contribution in [-0.2, 0) is 19.3 Å². The summed E-state index contributed by atoms with van der Waals surface area (Å²) in [7, 11) is 0. The molecule has 0 radical (unpaired) electrons. The van der Waals surface area contributed by atoms with Crippen molar-refractivity contribution in [2.75, 3.05) is 5.32 Å². The Kier molecular flexibility index (Phi) is 3.56. The zero-order valence-electron chi connectivity index (χ0n) is 12.8. The van der Waals surface area contributed by atoms with Crippen molar-refractivity contribution in [2.45, 2.75) is 25.7 Å². The molecule has 0 fully saturated rings. The fourth-order valence-corrected chi connectivity index (χ4v) is 2.89. The monoisotopic (exact) mass is 326 g/mol. The second kappa shape index (κ2) is 5.88. The molecule has 2 aromatic heterocycles. The summed E-state index contributed by atoms with van der Waals surface area (Å²) in [5.74, 6) is 0.188. The summed E-state index contributed by atoms with van der Waals surface area (Å²) >= 11 is 0. The number of rotatable bonds is 4. The fourth-order valence-electron chi connectivity index (χ4n) is 2.89. The zero-order valence-corrected chi connectivity index (χ0v) is 12.8. The number of nitrogens with one attached hydrogen (secondary N) is 3. The van der Waals surface area contributed by atoms with E-state index >= 15 is 0 Å². The number of amides is 1. The van der Waals surface area contributed by atoms with E-state index in [0.717, 1.165) is 36.1 Å². The molecule has 3 aromatic rings. The molecule has 122 valence electrons. The van der Waals surface area contributed by atoms with Gasteiger partial charge in [0.1, 0.15) is 11.6 Å². The summed E-state index contributed by atoms with van der Waals surface area (Å²) < 4.78 is 12.9. The predicted octanol–water partition coefficient (Wildman–Crippen LogP) is 2.00.